The van der Waals surface area contributed by atoms with E-state index in [4.69, 9.17) is 0 Å². The maximum atomic E-state index is 3.98. The van der Waals surface area contributed by atoms with Crippen molar-refractivity contribution in [2.45, 2.75) is 137 Å². The Balaban J connectivity index is 0.896. The third kappa shape index (κ3) is 6.16. The zero-order valence-electron chi connectivity index (χ0n) is 35.2. The highest BCUT2D eigenvalue weighted by molar-refractivity contribution is 14.1. The molecule has 0 saturated heterocycles. The summed E-state index contributed by atoms with van der Waals surface area (Å²) >= 11 is 5.00. The Morgan fingerprint density at radius 3 is 0.817 bits per heavy atom. The molecule has 0 N–H and O–H groups in total. The Hall–Kier alpha value is -2.54. The molecule has 12 bridgehead atoms. The van der Waals surface area contributed by atoms with Gasteiger partial charge in [0.2, 0.25) is 0 Å². The van der Waals surface area contributed by atoms with Crippen LogP contribution in [0.25, 0.3) is 0 Å². The minimum atomic E-state index is 0.0730. The summed E-state index contributed by atoms with van der Waals surface area (Å²) in [5.74, 6) is 21.2. The molecule has 12 aliphatic carbocycles. The van der Waals surface area contributed by atoms with Gasteiger partial charge in [-0.05, 0) is 289 Å². The molecular weight excluding hydrogens is 950 g/mol. The average molecular weight is 1010 g/mol. The predicted octanol–water partition coefficient (Wildman–Crippen LogP) is 14.5. The third-order valence-electron chi connectivity index (χ3n) is 19.0. The van der Waals surface area contributed by atoms with Crippen LogP contribution in [-0.4, -0.2) is 0 Å². The molecule has 12 saturated carbocycles. The molecule has 4 aromatic carbocycles. The van der Waals surface area contributed by atoms with E-state index in [-0.39, 0.29) is 32.5 Å². The molecule has 16 rings (SSSR count). The lowest BCUT2D eigenvalue weighted by molar-refractivity contribution is -0.0691. The summed E-state index contributed by atoms with van der Waals surface area (Å²) in [6.07, 6.45) is 24.3. The van der Waals surface area contributed by atoms with E-state index < -0.39 is 0 Å². The van der Waals surface area contributed by atoms with Crippen molar-refractivity contribution in [1.29, 1.82) is 0 Å². The molecule has 0 spiro atoms. The smallest absolute Gasteiger partial charge is 0.0326 e. The van der Waals surface area contributed by atoms with Crippen LogP contribution >= 0.6 is 45.2 Å². The van der Waals surface area contributed by atoms with Crippen molar-refractivity contribution in [3.05, 3.63) is 138 Å². The van der Waals surface area contributed by atoms with Gasteiger partial charge in [-0.25, -0.2) is 0 Å². The second kappa shape index (κ2) is 13.5. The normalized spacial score (nSPS) is 42.1. The molecule has 0 heterocycles. The van der Waals surface area contributed by atoms with Gasteiger partial charge in [-0.1, -0.05) is 72.2 Å². The van der Waals surface area contributed by atoms with E-state index in [9.17, 15) is 0 Å². The zero-order chi connectivity index (χ0) is 40.0. The Morgan fingerprint density at radius 2 is 0.567 bits per heavy atom. The van der Waals surface area contributed by atoms with Crippen molar-refractivity contribution in [2.24, 2.45) is 46.3 Å². The van der Waals surface area contributed by atoms with Crippen LogP contribution < -0.4 is 0 Å². The van der Waals surface area contributed by atoms with Gasteiger partial charge in [0.05, 0.1) is 0 Å². The van der Waals surface area contributed by atoms with Gasteiger partial charge in [0.15, 0.2) is 0 Å². The van der Waals surface area contributed by atoms with E-state index in [1.807, 2.05) is 0 Å². The van der Waals surface area contributed by atoms with Crippen LogP contribution in [0, 0.1) is 77.2 Å². The number of halogens is 2. The lowest BCUT2D eigenvalue weighted by atomic mass is 9.32. The van der Waals surface area contributed by atoms with Gasteiger partial charge in [-0.15, -0.1) is 0 Å². The van der Waals surface area contributed by atoms with Crippen LogP contribution in [0.1, 0.15) is 149 Å². The van der Waals surface area contributed by atoms with Gasteiger partial charge in [0.25, 0.3) is 0 Å². The summed E-state index contributed by atoms with van der Waals surface area (Å²) in [6, 6.07) is 39.3. The fourth-order valence-corrected chi connectivity index (χ4v) is 18.9. The molecule has 0 aliphatic heterocycles. The van der Waals surface area contributed by atoms with E-state index in [2.05, 4.69) is 166 Å². The minimum absolute atomic E-state index is 0.0730. The molecule has 2 heteroatoms. The van der Waals surface area contributed by atoms with E-state index in [0.717, 1.165) is 35.5 Å². The zero-order valence-corrected chi connectivity index (χ0v) is 39.5. The first-order chi connectivity index (χ1) is 29.1. The van der Waals surface area contributed by atoms with Gasteiger partial charge in [0, 0.05) is 29.1 Å². The van der Waals surface area contributed by atoms with Crippen molar-refractivity contribution in [3.63, 3.8) is 0 Å². The van der Waals surface area contributed by atoms with Crippen LogP contribution in [0.4, 0.5) is 0 Å². The SMILES string of the molecule is Ic1ccc(C23CC4(c5ccc(I)cc5)CC(c5ccc(C#CC67CC8CC(CC(C8)C6)C7)cc5)(C2)CC(c2ccc(C#CC56CC7CC(CC(C7)C5)C6)cc2)(C3)C4)cc1. The lowest BCUT2D eigenvalue weighted by Crippen LogP contribution is -2.67. The first-order valence-electron chi connectivity index (χ1n) is 23.9. The lowest BCUT2D eigenvalue weighted by Gasteiger charge is -2.71. The van der Waals surface area contributed by atoms with Gasteiger partial charge >= 0.3 is 0 Å². The number of hydrogen-bond donors (Lipinski definition) is 0. The van der Waals surface area contributed by atoms with Crippen LogP contribution in [0.15, 0.2) is 97.1 Å². The van der Waals surface area contributed by atoms with Crippen LogP contribution in [0.2, 0.25) is 0 Å². The molecule has 0 nitrogen and oxygen atoms in total. The summed E-state index contributed by atoms with van der Waals surface area (Å²) < 4.78 is 2.65. The Bertz CT molecular complexity index is 2220. The van der Waals surface area contributed by atoms with E-state index in [1.54, 1.807) is 22.3 Å². The highest BCUT2D eigenvalue weighted by Crippen LogP contribution is 2.75. The first kappa shape index (κ1) is 38.0. The number of rotatable bonds is 4. The second-order valence-electron chi connectivity index (χ2n) is 23.2. The topological polar surface area (TPSA) is 0 Å². The quantitative estimate of drug-likeness (QED) is 0.141. The molecule has 4 aromatic rings. The van der Waals surface area contributed by atoms with Crippen LogP contribution in [-0.2, 0) is 21.7 Å². The van der Waals surface area contributed by atoms with Crippen molar-refractivity contribution >= 4 is 45.2 Å². The van der Waals surface area contributed by atoms with Gasteiger partial charge < -0.3 is 0 Å². The molecule has 0 amide bonds. The van der Waals surface area contributed by atoms with Gasteiger partial charge in [-0.3, -0.25) is 0 Å². The monoisotopic (exact) mass is 1010 g/mol. The number of hydrogen-bond acceptors (Lipinski definition) is 0. The molecule has 60 heavy (non-hydrogen) atoms. The number of benzene rings is 4. The first-order valence-corrected chi connectivity index (χ1v) is 26.0. The Morgan fingerprint density at radius 1 is 0.333 bits per heavy atom. The molecular formula is C58H58I2. The van der Waals surface area contributed by atoms with Crippen molar-refractivity contribution < 1.29 is 0 Å². The minimum Gasteiger partial charge on any atom is -0.0911 e. The van der Waals surface area contributed by atoms with E-state index >= 15 is 0 Å². The molecule has 304 valence electrons. The van der Waals surface area contributed by atoms with Gasteiger partial charge in [0.1, 0.15) is 0 Å². The molecule has 0 unspecified atom stereocenters. The standard InChI is InChI=1S/C58H58I2/c59-51-13-9-49(10-14-51)57-34-55(47-5-1-39(2-6-47)17-19-53-27-41-21-42(28-53)23-43(22-41)29-53)33-56(36-57,37-58(35-55,38-57)50-11-15-52(60)16-12-50)48-7-3-40(4-8-48)18-20-54-30-44-24-45(31-54)26-46(25-44)32-54/h1-16,41-46H,21-38H2. The van der Waals surface area contributed by atoms with E-state index in [0.29, 0.717) is 0 Å². The predicted molar refractivity (Wildman–Crippen MR) is 261 cm³/mol. The summed E-state index contributed by atoms with van der Waals surface area (Å²) in [6.45, 7) is 0. The summed E-state index contributed by atoms with van der Waals surface area (Å²) in [7, 11) is 0. The largest absolute Gasteiger partial charge is 0.0911 e. The van der Waals surface area contributed by atoms with Gasteiger partial charge in [-0.2, -0.15) is 0 Å². The molecule has 0 atom stereocenters. The van der Waals surface area contributed by atoms with Crippen LogP contribution in [0.3, 0.4) is 0 Å². The summed E-state index contributed by atoms with van der Waals surface area (Å²) in [5.41, 5.74) is 9.56. The third-order valence-corrected chi connectivity index (χ3v) is 20.4. The average Bonchev–Trinajstić information content (AvgIpc) is 3.22. The molecule has 0 aromatic heterocycles. The molecule has 0 radical (unpaired) electrons. The second-order valence-corrected chi connectivity index (χ2v) is 25.7. The highest BCUT2D eigenvalue weighted by Gasteiger charge is 2.69. The maximum Gasteiger partial charge on any atom is 0.0326 e. The highest BCUT2D eigenvalue weighted by atomic mass is 127. The fourth-order valence-electron chi connectivity index (χ4n) is 18.2. The van der Waals surface area contributed by atoms with Crippen LogP contribution in [0.5, 0.6) is 0 Å². The van der Waals surface area contributed by atoms with Crippen molar-refractivity contribution in [1.82, 2.24) is 0 Å². The van der Waals surface area contributed by atoms with Crippen molar-refractivity contribution in [3.8, 4) is 23.7 Å². The Kier molecular flexibility index (Phi) is 8.54. The van der Waals surface area contributed by atoms with Crippen molar-refractivity contribution in [2.75, 3.05) is 0 Å². The molecule has 12 fully saturated rings. The summed E-state index contributed by atoms with van der Waals surface area (Å²) in [4.78, 5) is 0. The van der Waals surface area contributed by atoms with E-state index in [1.165, 1.54) is 134 Å². The Labute approximate surface area is 386 Å². The molecule has 12 aliphatic rings. The summed E-state index contributed by atoms with van der Waals surface area (Å²) in [5, 5.41) is 0. The maximum absolute atomic E-state index is 3.98. The fraction of sp³-hybridized carbons (Fsp3) is 0.517.